The predicted octanol–water partition coefficient (Wildman–Crippen LogP) is 13.7. The van der Waals surface area contributed by atoms with Crippen molar-refractivity contribution >= 4 is 21.5 Å². The van der Waals surface area contributed by atoms with Crippen LogP contribution in [0.25, 0.3) is 111 Å². The highest BCUT2D eigenvalue weighted by molar-refractivity contribution is 6.16. The summed E-state index contributed by atoms with van der Waals surface area (Å²) in [5.41, 5.74) is 14.4. The minimum atomic E-state index is 0.600. The van der Waals surface area contributed by atoms with Crippen molar-refractivity contribution in [3.63, 3.8) is 0 Å². The molecule has 0 saturated carbocycles. The first-order chi connectivity index (χ1) is 28.7. The van der Waals surface area contributed by atoms with Crippen molar-refractivity contribution < 1.29 is 0 Å². The average molecular weight is 737 g/mol. The van der Waals surface area contributed by atoms with E-state index in [2.05, 4.69) is 140 Å². The fourth-order valence-corrected chi connectivity index (χ4v) is 8.59. The Morgan fingerprint density at radius 1 is 0.310 bits per heavy atom. The Morgan fingerprint density at radius 2 is 0.862 bits per heavy atom. The number of nitriles is 1. The zero-order valence-electron chi connectivity index (χ0n) is 31.3. The van der Waals surface area contributed by atoms with Gasteiger partial charge in [-0.25, -0.2) is 15.0 Å². The monoisotopic (exact) mass is 736 g/mol. The maximum Gasteiger partial charge on any atom is 0.164 e. The van der Waals surface area contributed by atoms with Crippen molar-refractivity contribution in [3.05, 3.63) is 200 Å². The van der Waals surface area contributed by atoms with E-state index in [1.54, 1.807) is 0 Å². The molecule has 0 saturated heterocycles. The molecule has 4 heteroatoms. The van der Waals surface area contributed by atoms with Crippen LogP contribution in [0, 0.1) is 11.3 Å². The van der Waals surface area contributed by atoms with Gasteiger partial charge in [-0.1, -0.05) is 170 Å². The molecule has 0 aliphatic heterocycles. The normalized spacial score (nSPS) is 11.4. The van der Waals surface area contributed by atoms with Crippen LogP contribution < -0.4 is 0 Å². The van der Waals surface area contributed by atoms with Crippen LogP contribution >= 0.6 is 0 Å². The summed E-state index contributed by atoms with van der Waals surface area (Å²) in [4.78, 5) is 15.2. The van der Waals surface area contributed by atoms with Gasteiger partial charge in [0.05, 0.1) is 11.6 Å². The molecule has 10 aromatic rings. The summed E-state index contributed by atoms with van der Waals surface area (Å²) in [6.07, 6.45) is 0. The predicted molar refractivity (Wildman–Crippen MR) is 237 cm³/mol. The van der Waals surface area contributed by atoms with Gasteiger partial charge in [0.1, 0.15) is 0 Å². The largest absolute Gasteiger partial charge is 0.208 e. The highest BCUT2D eigenvalue weighted by Gasteiger charge is 2.23. The lowest BCUT2D eigenvalue weighted by Gasteiger charge is -2.15. The topological polar surface area (TPSA) is 62.5 Å². The van der Waals surface area contributed by atoms with Crippen LogP contribution in [0.2, 0.25) is 0 Å². The van der Waals surface area contributed by atoms with Gasteiger partial charge in [-0.2, -0.15) is 5.26 Å². The molecule has 0 unspecified atom stereocenters. The average Bonchev–Trinajstić information content (AvgIpc) is 3.63. The van der Waals surface area contributed by atoms with Crippen molar-refractivity contribution in [2.45, 2.75) is 0 Å². The van der Waals surface area contributed by atoms with Crippen molar-refractivity contribution in [1.29, 1.82) is 5.26 Å². The van der Waals surface area contributed by atoms with Gasteiger partial charge in [0.15, 0.2) is 17.5 Å². The maximum absolute atomic E-state index is 10.4. The number of hydrogen-bond donors (Lipinski definition) is 0. The molecule has 58 heavy (non-hydrogen) atoms. The highest BCUT2D eigenvalue weighted by Crippen LogP contribution is 2.49. The Labute approximate surface area is 336 Å². The second-order valence-electron chi connectivity index (χ2n) is 14.7. The summed E-state index contributed by atoms with van der Waals surface area (Å²) < 4.78 is 0. The van der Waals surface area contributed by atoms with E-state index in [1.165, 1.54) is 33.0 Å². The molecule has 4 nitrogen and oxygen atoms in total. The summed E-state index contributed by atoms with van der Waals surface area (Å²) in [5.74, 6) is 1.83. The quantitative estimate of drug-likeness (QED) is 0.170. The molecule has 0 fully saturated rings. The molecule has 1 aliphatic carbocycles. The third kappa shape index (κ3) is 5.57. The Balaban J connectivity index is 1.02. The molecule has 0 amide bonds. The summed E-state index contributed by atoms with van der Waals surface area (Å²) in [6.45, 7) is 0. The molecule has 9 aromatic carbocycles. The first-order valence-electron chi connectivity index (χ1n) is 19.4. The van der Waals surface area contributed by atoms with Crippen molar-refractivity contribution in [1.82, 2.24) is 15.0 Å². The summed E-state index contributed by atoms with van der Waals surface area (Å²) in [6, 6.07) is 69.8. The second kappa shape index (κ2) is 13.6. The zero-order valence-corrected chi connectivity index (χ0v) is 31.3. The second-order valence-corrected chi connectivity index (χ2v) is 14.7. The molecule has 1 aromatic heterocycles. The fourth-order valence-electron chi connectivity index (χ4n) is 8.59. The number of fused-ring (bicyclic) bond motifs is 4. The Hall–Kier alpha value is -8.00. The Bertz CT molecular complexity index is 3290. The molecule has 0 spiro atoms. The summed E-state index contributed by atoms with van der Waals surface area (Å²) >= 11 is 0. The summed E-state index contributed by atoms with van der Waals surface area (Å²) in [7, 11) is 0. The van der Waals surface area contributed by atoms with Crippen LogP contribution in [-0.4, -0.2) is 15.0 Å². The van der Waals surface area contributed by atoms with Gasteiger partial charge in [-0.05, 0) is 95.9 Å². The third-order valence-corrected chi connectivity index (χ3v) is 11.3. The molecule has 0 atom stereocenters. The van der Waals surface area contributed by atoms with Crippen molar-refractivity contribution in [2.24, 2.45) is 0 Å². The van der Waals surface area contributed by atoms with Crippen LogP contribution in [0.5, 0.6) is 0 Å². The van der Waals surface area contributed by atoms with Gasteiger partial charge in [0.2, 0.25) is 0 Å². The van der Waals surface area contributed by atoms with Crippen LogP contribution in [0.4, 0.5) is 0 Å². The molecule has 0 N–H and O–H groups in total. The zero-order chi connectivity index (χ0) is 38.6. The number of aromatic nitrogens is 3. The minimum Gasteiger partial charge on any atom is -0.208 e. The van der Waals surface area contributed by atoms with E-state index in [0.717, 1.165) is 60.8 Å². The van der Waals surface area contributed by atoms with E-state index in [1.807, 2.05) is 60.7 Å². The third-order valence-electron chi connectivity index (χ3n) is 11.3. The molecule has 268 valence electrons. The standard InChI is InChI=1S/C54H32N4/c55-33-41-17-11-22-44(42-31-39-16-10-23-47-45-19-7-8-20-46(45)49(32-42)51(39)47)50(41)36-27-25-35(26-28-36)43-18-6-9-21-48(43)54-57-52(37-13-2-1-3-14-37)56-53(58-54)40-29-24-34-12-4-5-15-38(34)30-40/h1-32H. The number of hydrogen-bond acceptors (Lipinski definition) is 4. The number of rotatable bonds is 6. The van der Waals surface area contributed by atoms with Crippen LogP contribution in [0.15, 0.2) is 194 Å². The van der Waals surface area contributed by atoms with Gasteiger partial charge in [0, 0.05) is 22.3 Å². The Morgan fingerprint density at radius 3 is 1.66 bits per heavy atom. The van der Waals surface area contributed by atoms with E-state index < -0.39 is 0 Å². The number of nitrogens with zero attached hydrogens (tertiary/aromatic N) is 4. The summed E-state index contributed by atoms with van der Waals surface area (Å²) in [5, 5.41) is 15.2. The first kappa shape index (κ1) is 33.3. The van der Waals surface area contributed by atoms with Crippen LogP contribution in [0.1, 0.15) is 5.56 Å². The van der Waals surface area contributed by atoms with E-state index in [9.17, 15) is 5.26 Å². The molecular formula is C54H32N4. The van der Waals surface area contributed by atoms with Gasteiger partial charge in [-0.3, -0.25) is 0 Å². The Kier molecular flexibility index (Phi) is 7.84. The smallest absolute Gasteiger partial charge is 0.164 e. The molecule has 0 bridgehead atoms. The molecule has 0 radical (unpaired) electrons. The molecule has 1 heterocycles. The number of benzene rings is 9. The SMILES string of the molecule is N#Cc1cccc(-c2cc3c4c(cccc4c2)-c2ccccc2-3)c1-c1ccc(-c2ccccc2-c2nc(-c3ccccc3)nc(-c3ccc4ccccc4c3)n2)cc1. The lowest BCUT2D eigenvalue weighted by molar-refractivity contribution is 1.07. The van der Waals surface area contributed by atoms with E-state index in [-0.39, 0.29) is 0 Å². The van der Waals surface area contributed by atoms with Gasteiger partial charge in [0.25, 0.3) is 0 Å². The maximum atomic E-state index is 10.4. The molecule has 1 aliphatic rings. The first-order valence-corrected chi connectivity index (χ1v) is 19.4. The molecule has 11 rings (SSSR count). The van der Waals surface area contributed by atoms with Crippen LogP contribution in [0.3, 0.4) is 0 Å². The van der Waals surface area contributed by atoms with Gasteiger partial charge < -0.3 is 0 Å². The lowest BCUT2D eigenvalue weighted by Crippen LogP contribution is -2.01. The van der Waals surface area contributed by atoms with E-state index in [4.69, 9.17) is 15.0 Å². The van der Waals surface area contributed by atoms with Gasteiger partial charge in [-0.15, -0.1) is 0 Å². The lowest BCUT2D eigenvalue weighted by atomic mass is 9.88. The fraction of sp³-hybridized carbons (Fsp3) is 0. The minimum absolute atomic E-state index is 0.600. The highest BCUT2D eigenvalue weighted by atomic mass is 15.0. The van der Waals surface area contributed by atoms with Crippen LogP contribution in [-0.2, 0) is 0 Å². The van der Waals surface area contributed by atoms with Gasteiger partial charge >= 0.3 is 0 Å². The van der Waals surface area contributed by atoms with E-state index >= 15 is 0 Å². The molecular weight excluding hydrogens is 705 g/mol. The van der Waals surface area contributed by atoms with Crippen molar-refractivity contribution in [3.8, 4) is 95.9 Å². The van der Waals surface area contributed by atoms with Crippen molar-refractivity contribution in [2.75, 3.05) is 0 Å². The van der Waals surface area contributed by atoms with E-state index in [0.29, 0.717) is 23.0 Å².